The minimum absolute atomic E-state index is 0.00839. The van der Waals surface area contributed by atoms with Crippen molar-refractivity contribution < 1.29 is 19.6 Å². The summed E-state index contributed by atoms with van der Waals surface area (Å²) in [6.45, 7) is 0. The number of carboxylic acid groups (broad SMARTS) is 1. The maximum absolute atomic E-state index is 10.7. The molecular weight excluding hydrogens is 242 g/mol. The van der Waals surface area contributed by atoms with Gasteiger partial charge < -0.3 is 9.84 Å². The van der Waals surface area contributed by atoms with Gasteiger partial charge in [0, 0.05) is 12.1 Å². The number of nitro benzene ring substituents is 1. The van der Waals surface area contributed by atoms with Gasteiger partial charge >= 0.3 is 11.7 Å². The zero-order valence-corrected chi connectivity index (χ0v) is 8.86. The molecule has 2 rings (SSSR count). The van der Waals surface area contributed by atoms with Gasteiger partial charge in [0.1, 0.15) is 5.69 Å². The lowest BCUT2D eigenvalue weighted by molar-refractivity contribution is -0.385. The molecule has 0 aliphatic heterocycles. The number of nitrogens with one attached hydrogen (secondary N) is 1. The zero-order chi connectivity index (χ0) is 13.1. The second-order valence-corrected chi connectivity index (χ2v) is 3.25. The lowest BCUT2D eigenvalue weighted by Gasteiger charge is -2.01. The summed E-state index contributed by atoms with van der Waals surface area (Å²) in [6.07, 6.45) is 0. The van der Waals surface area contributed by atoms with E-state index in [9.17, 15) is 14.9 Å². The smallest absolute Gasteiger partial charge is 0.354 e. The summed E-state index contributed by atoms with van der Waals surface area (Å²) in [4.78, 5) is 20.7. The summed E-state index contributed by atoms with van der Waals surface area (Å²) in [5.74, 6) is -1.26. The number of H-pyrrole nitrogens is 1. The summed E-state index contributed by atoms with van der Waals surface area (Å²) in [5.41, 5.74) is -0.388. The number of aromatic carboxylic acids is 1. The van der Waals surface area contributed by atoms with Gasteiger partial charge in [-0.05, 0) is 6.07 Å². The Morgan fingerprint density at radius 2 is 2.17 bits per heavy atom. The average Bonchev–Trinajstić information content (AvgIpc) is 2.78. The summed E-state index contributed by atoms with van der Waals surface area (Å²) in [6, 6.07) is 6.87. The van der Waals surface area contributed by atoms with Crippen molar-refractivity contribution in [2.24, 2.45) is 0 Å². The maximum Gasteiger partial charge on any atom is 0.354 e. The Hall–Kier alpha value is -2.90. The number of benzene rings is 1. The monoisotopic (exact) mass is 249 g/mol. The minimum Gasteiger partial charge on any atom is -0.477 e. The molecular formula is C10H7N3O5. The number of para-hydroxylation sites is 2. The highest BCUT2D eigenvalue weighted by Gasteiger charge is 2.16. The number of nitro groups is 1. The molecule has 0 aliphatic rings. The van der Waals surface area contributed by atoms with Gasteiger partial charge in [-0.15, -0.1) is 5.10 Å². The Bertz CT molecular complexity index is 607. The molecule has 0 saturated carbocycles. The van der Waals surface area contributed by atoms with E-state index in [1.807, 2.05) is 0 Å². The van der Waals surface area contributed by atoms with E-state index in [2.05, 4.69) is 10.2 Å². The van der Waals surface area contributed by atoms with Crippen molar-refractivity contribution in [2.45, 2.75) is 0 Å². The third-order valence-electron chi connectivity index (χ3n) is 2.06. The van der Waals surface area contributed by atoms with E-state index in [1.54, 1.807) is 6.07 Å². The first-order chi connectivity index (χ1) is 8.58. The Morgan fingerprint density at radius 3 is 2.78 bits per heavy atom. The largest absolute Gasteiger partial charge is 0.477 e. The number of hydrogen-bond donors (Lipinski definition) is 2. The number of aromatic nitrogens is 2. The van der Waals surface area contributed by atoms with Crippen molar-refractivity contribution in [1.82, 2.24) is 10.2 Å². The molecule has 0 unspecified atom stereocenters. The highest BCUT2D eigenvalue weighted by Crippen LogP contribution is 2.29. The SMILES string of the molecule is O=C(O)c1cc(Oc2ccccc2[N+](=O)[O-])n[nH]1. The van der Waals surface area contributed by atoms with Crippen LogP contribution in [0.2, 0.25) is 0 Å². The molecule has 2 aromatic rings. The van der Waals surface area contributed by atoms with Crippen LogP contribution in [-0.4, -0.2) is 26.2 Å². The number of ether oxygens (including phenoxy) is 1. The molecule has 18 heavy (non-hydrogen) atoms. The second-order valence-electron chi connectivity index (χ2n) is 3.25. The van der Waals surface area contributed by atoms with Crippen LogP contribution in [0, 0.1) is 10.1 Å². The molecule has 0 bridgehead atoms. The fourth-order valence-electron chi connectivity index (χ4n) is 1.27. The molecule has 0 radical (unpaired) electrons. The molecule has 0 amide bonds. The van der Waals surface area contributed by atoms with Crippen LogP contribution in [0.4, 0.5) is 5.69 Å². The van der Waals surface area contributed by atoms with Crippen LogP contribution >= 0.6 is 0 Å². The molecule has 2 N–H and O–H groups in total. The van der Waals surface area contributed by atoms with Gasteiger partial charge in [0.2, 0.25) is 11.6 Å². The van der Waals surface area contributed by atoms with Crippen LogP contribution < -0.4 is 4.74 Å². The summed E-state index contributed by atoms with van der Waals surface area (Å²) in [7, 11) is 0. The molecule has 0 spiro atoms. The van der Waals surface area contributed by atoms with Crippen molar-refractivity contribution in [1.29, 1.82) is 0 Å². The molecule has 0 saturated heterocycles. The Kier molecular flexibility index (Phi) is 2.92. The molecule has 92 valence electrons. The van der Waals surface area contributed by atoms with E-state index in [1.165, 1.54) is 18.2 Å². The fraction of sp³-hybridized carbons (Fsp3) is 0. The number of aromatic amines is 1. The first-order valence-electron chi connectivity index (χ1n) is 4.78. The van der Waals surface area contributed by atoms with Crippen molar-refractivity contribution in [3.05, 3.63) is 46.1 Å². The van der Waals surface area contributed by atoms with Gasteiger partial charge in [-0.1, -0.05) is 12.1 Å². The zero-order valence-electron chi connectivity index (χ0n) is 8.86. The molecule has 0 atom stereocenters. The Labute approximate surface area is 100.0 Å². The van der Waals surface area contributed by atoms with Crippen molar-refractivity contribution in [3.63, 3.8) is 0 Å². The van der Waals surface area contributed by atoms with Gasteiger partial charge in [0.15, 0.2) is 0 Å². The number of nitrogens with zero attached hydrogens (tertiary/aromatic N) is 2. The summed E-state index contributed by atoms with van der Waals surface area (Å²) < 4.78 is 5.15. The Balaban J connectivity index is 2.28. The number of carbonyl (C=O) groups is 1. The van der Waals surface area contributed by atoms with E-state index in [0.29, 0.717) is 0 Å². The third-order valence-corrected chi connectivity index (χ3v) is 2.06. The second kappa shape index (κ2) is 4.53. The number of hydrogen-bond acceptors (Lipinski definition) is 5. The van der Waals surface area contributed by atoms with Gasteiger partial charge in [-0.25, -0.2) is 4.79 Å². The minimum atomic E-state index is -1.19. The quantitative estimate of drug-likeness (QED) is 0.630. The highest BCUT2D eigenvalue weighted by molar-refractivity contribution is 5.85. The maximum atomic E-state index is 10.7. The van der Waals surface area contributed by atoms with Crippen LogP contribution in [0.5, 0.6) is 11.6 Å². The van der Waals surface area contributed by atoms with E-state index in [-0.39, 0.29) is 23.0 Å². The van der Waals surface area contributed by atoms with E-state index < -0.39 is 10.9 Å². The topological polar surface area (TPSA) is 118 Å². The molecule has 1 heterocycles. The lowest BCUT2D eigenvalue weighted by Crippen LogP contribution is -1.95. The summed E-state index contributed by atoms with van der Waals surface area (Å²) >= 11 is 0. The average molecular weight is 249 g/mol. The Morgan fingerprint density at radius 1 is 1.44 bits per heavy atom. The van der Waals surface area contributed by atoms with Crippen LogP contribution in [0.25, 0.3) is 0 Å². The predicted octanol–water partition coefficient (Wildman–Crippen LogP) is 1.81. The fourth-order valence-corrected chi connectivity index (χ4v) is 1.27. The standard InChI is InChI=1S/C10H7N3O5/c14-10(15)6-5-9(12-11-6)18-8-4-2-1-3-7(8)13(16)17/h1-5H,(H,11,12)(H,14,15). The number of rotatable bonds is 4. The van der Waals surface area contributed by atoms with Crippen molar-refractivity contribution in [2.75, 3.05) is 0 Å². The van der Waals surface area contributed by atoms with Crippen LogP contribution in [0.3, 0.4) is 0 Å². The van der Waals surface area contributed by atoms with Gasteiger partial charge in [0.05, 0.1) is 4.92 Å². The van der Waals surface area contributed by atoms with Crippen molar-refractivity contribution in [3.8, 4) is 11.6 Å². The highest BCUT2D eigenvalue weighted by atomic mass is 16.6. The molecule has 8 nitrogen and oxygen atoms in total. The van der Waals surface area contributed by atoms with Gasteiger partial charge in [-0.3, -0.25) is 15.2 Å². The van der Waals surface area contributed by atoms with E-state index >= 15 is 0 Å². The van der Waals surface area contributed by atoms with E-state index in [4.69, 9.17) is 9.84 Å². The third kappa shape index (κ3) is 2.26. The summed E-state index contributed by atoms with van der Waals surface area (Å²) in [5, 5.41) is 25.2. The molecule has 8 heteroatoms. The van der Waals surface area contributed by atoms with Crippen LogP contribution in [-0.2, 0) is 0 Å². The molecule has 0 fully saturated rings. The first kappa shape index (κ1) is 11.6. The molecule has 1 aromatic heterocycles. The predicted molar refractivity (Wildman–Crippen MR) is 58.7 cm³/mol. The van der Waals surface area contributed by atoms with Crippen LogP contribution in [0.1, 0.15) is 10.5 Å². The molecule has 0 aliphatic carbocycles. The van der Waals surface area contributed by atoms with Gasteiger partial charge in [-0.2, -0.15) is 0 Å². The number of carboxylic acids is 1. The van der Waals surface area contributed by atoms with Crippen molar-refractivity contribution >= 4 is 11.7 Å². The first-order valence-corrected chi connectivity index (χ1v) is 4.78. The van der Waals surface area contributed by atoms with Crippen LogP contribution in [0.15, 0.2) is 30.3 Å². The van der Waals surface area contributed by atoms with Gasteiger partial charge in [0.25, 0.3) is 0 Å². The van der Waals surface area contributed by atoms with E-state index in [0.717, 1.165) is 6.07 Å². The lowest BCUT2D eigenvalue weighted by atomic mass is 10.3. The normalized spacial score (nSPS) is 10.0. The molecule has 1 aromatic carbocycles.